The predicted molar refractivity (Wildman–Crippen MR) is 72.0 cm³/mol. The Bertz CT molecular complexity index is 453. The fraction of sp³-hybridized carbons (Fsp3) is 0.538. The van der Waals surface area contributed by atoms with E-state index in [2.05, 4.69) is 23.2 Å². The van der Waals surface area contributed by atoms with Crippen LogP contribution >= 0.6 is 11.6 Å². The average molecular weight is 269 g/mol. The predicted octanol–water partition coefficient (Wildman–Crippen LogP) is 1.74. The number of rotatable bonds is 1. The summed E-state index contributed by atoms with van der Waals surface area (Å²) in [7, 11) is 0. The second kappa shape index (κ2) is 4.86. The third-order valence-corrected chi connectivity index (χ3v) is 3.62. The molecule has 5 heteroatoms. The Morgan fingerprint density at radius 1 is 1.33 bits per heavy atom. The van der Waals surface area contributed by atoms with Gasteiger partial charge in [0.1, 0.15) is 18.7 Å². The van der Waals surface area contributed by atoms with Gasteiger partial charge in [0.2, 0.25) is 0 Å². The molecule has 18 heavy (non-hydrogen) atoms. The second-order valence-electron chi connectivity index (χ2n) is 4.62. The minimum Gasteiger partial charge on any atom is -0.486 e. The molecule has 0 radical (unpaired) electrons. The lowest BCUT2D eigenvalue weighted by Gasteiger charge is -2.35. The van der Waals surface area contributed by atoms with Gasteiger partial charge in [-0.3, -0.25) is 5.32 Å². The second-order valence-corrected chi connectivity index (χ2v) is 5.15. The molecule has 1 fully saturated rings. The van der Waals surface area contributed by atoms with Crippen LogP contribution in [0.15, 0.2) is 12.1 Å². The van der Waals surface area contributed by atoms with Crippen molar-refractivity contribution < 1.29 is 9.47 Å². The van der Waals surface area contributed by atoms with Crippen molar-refractivity contribution in [3.8, 4) is 11.5 Å². The zero-order valence-electron chi connectivity index (χ0n) is 10.4. The number of halogens is 1. The maximum Gasteiger partial charge on any atom is 0.184 e. The van der Waals surface area contributed by atoms with Crippen LogP contribution in [-0.4, -0.2) is 38.3 Å². The lowest BCUT2D eigenvalue weighted by Crippen LogP contribution is -2.48. The molecule has 3 rings (SSSR count). The van der Waals surface area contributed by atoms with E-state index in [4.69, 9.17) is 21.1 Å². The monoisotopic (exact) mass is 268 g/mol. The van der Waals surface area contributed by atoms with Gasteiger partial charge < -0.3 is 14.4 Å². The summed E-state index contributed by atoms with van der Waals surface area (Å²) in [4.78, 5) is 2.27. The maximum absolute atomic E-state index is 6.17. The van der Waals surface area contributed by atoms with Gasteiger partial charge in [-0.25, -0.2) is 0 Å². The highest BCUT2D eigenvalue weighted by Gasteiger charge is 2.25. The molecule has 1 N–H and O–H groups in total. The molecule has 0 bridgehead atoms. The summed E-state index contributed by atoms with van der Waals surface area (Å²) < 4.78 is 11.4. The van der Waals surface area contributed by atoms with Gasteiger partial charge in [-0.15, -0.1) is 11.6 Å². The van der Waals surface area contributed by atoms with Crippen LogP contribution in [0, 0.1) is 6.92 Å². The van der Waals surface area contributed by atoms with Gasteiger partial charge >= 0.3 is 0 Å². The number of anilines is 1. The van der Waals surface area contributed by atoms with Crippen molar-refractivity contribution >= 4 is 17.3 Å². The number of hydrogen-bond donors (Lipinski definition) is 1. The first kappa shape index (κ1) is 11.9. The van der Waals surface area contributed by atoms with E-state index in [1.807, 2.05) is 6.07 Å². The van der Waals surface area contributed by atoms with E-state index < -0.39 is 0 Å². The number of ether oxygens (including phenoxy) is 2. The summed E-state index contributed by atoms with van der Waals surface area (Å²) in [5.74, 6) is 1.71. The first-order chi connectivity index (χ1) is 8.75. The molecule has 0 saturated carbocycles. The molecule has 0 spiro atoms. The fourth-order valence-electron chi connectivity index (χ4n) is 2.50. The zero-order chi connectivity index (χ0) is 12.5. The average Bonchev–Trinajstić information content (AvgIpc) is 2.38. The van der Waals surface area contributed by atoms with Crippen molar-refractivity contribution in [2.75, 3.05) is 37.7 Å². The lowest BCUT2D eigenvalue weighted by molar-refractivity contribution is 0.172. The van der Waals surface area contributed by atoms with E-state index in [0.29, 0.717) is 13.2 Å². The van der Waals surface area contributed by atoms with Gasteiger partial charge in [-0.05, 0) is 18.6 Å². The fourth-order valence-corrected chi connectivity index (χ4v) is 2.78. The van der Waals surface area contributed by atoms with Gasteiger partial charge in [0.15, 0.2) is 11.5 Å². The van der Waals surface area contributed by atoms with Gasteiger partial charge in [0.05, 0.1) is 5.69 Å². The highest BCUT2D eigenvalue weighted by molar-refractivity contribution is 6.20. The van der Waals surface area contributed by atoms with E-state index in [1.165, 1.54) is 5.56 Å². The molecule has 98 valence electrons. The molecule has 0 aromatic heterocycles. The summed E-state index contributed by atoms with van der Waals surface area (Å²) in [6.07, 6.45) is 0. The van der Waals surface area contributed by atoms with E-state index in [-0.39, 0.29) is 5.50 Å². The van der Waals surface area contributed by atoms with Crippen molar-refractivity contribution in [1.82, 2.24) is 5.32 Å². The third kappa shape index (κ3) is 2.10. The van der Waals surface area contributed by atoms with E-state index in [1.54, 1.807) is 0 Å². The molecule has 2 aliphatic rings. The summed E-state index contributed by atoms with van der Waals surface area (Å²) in [5, 5.41) is 3.23. The number of nitrogens with zero attached hydrogens (tertiary/aromatic N) is 1. The van der Waals surface area contributed by atoms with Crippen LogP contribution in [0.5, 0.6) is 11.5 Å². The smallest absolute Gasteiger partial charge is 0.184 e. The summed E-state index contributed by atoms with van der Waals surface area (Å²) in [6, 6.07) is 4.06. The Morgan fingerprint density at radius 2 is 2.17 bits per heavy atom. The third-order valence-electron chi connectivity index (χ3n) is 3.33. The molecule has 0 aliphatic carbocycles. The molecule has 1 atom stereocenters. The van der Waals surface area contributed by atoms with Crippen molar-refractivity contribution in [2.45, 2.75) is 12.4 Å². The Morgan fingerprint density at radius 3 is 3.00 bits per heavy atom. The van der Waals surface area contributed by atoms with Crippen molar-refractivity contribution in [2.24, 2.45) is 0 Å². The number of piperazine rings is 1. The van der Waals surface area contributed by atoms with E-state index >= 15 is 0 Å². The largest absolute Gasteiger partial charge is 0.486 e. The Kier molecular flexibility index (Phi) is 3.22. The normalized spacial score (nSPS) is 23.0. The molecule has 1 aromatic rings. The molecule has 4 nitrogen and oxygen atoms in total. The first-order valence-corrected chi connectivity index (χ1v) is 6.71. The number of benzene rings is 1. The van der Waals surface area contributed by atoms with Crippen LogP contribution in [0.25, 0.3) is 0 Å². The molecule has 2 aliphatic heterocycles. The van der Waals surface area contributed by atoms with Crippen molar-refractivity contribution in [3.63, 3.8) is 0 Å². The summed E-state index contributed by atoms with van der Waals surface area (Å²) in [6.45, 7) is 5.93. The van der Waals surface area contributed by atoms with E-state index in [9.17, 15) is 0 Å². The topological polar surface area (TPSA) is 33.7 Å². The quantitative estimate of drug-likeness (QED) is 0.621. The lowest BCUT2D eigenvalue weighted by atomic mass is 10.1. The highest BCUT2D eigenvalue weighted by atomic mass is 35.5. The van der Waals surface area contributed by atoms with Crippen molar-refractivity contribution in [3.05, 3.63) is 17.7 Å². The van der Waals surface area contributed by atoms with Crippen LogP contribution in [0.1, 0.15) is 5.56 Å². The molecule has 1 saturated heterocycles. The molecule has 2 heterocycles. The molecule has 0 amide bonds. The molecular formula is C13H17ClN2O2. The number of alkyl halides is 1. The van der Waals surface area contributed by atoms with Crippen LogP contribution in [-0.2, 0) is 0 Å². The Balaban J connectivity index is 1.99. The number of hydrogen-bond acceptors (Lipinski definition) is 4. The number of nitrogens with one attached hydrogen (secondary N) is 1. The Hall–Kier alpha value is -1.13. The summed E-state index contributed by atoms with van der Waals surface area (Å²) in [5.41, 5.74) is 2.31. The minimum atomic E-state index is -0.0153. The Labute approximate surface area is 112 Å². The highest BCUT2D eigenvalue weighted by Crippen LogP contribution is 2.42. The van der Waals surface area contributed by atoms with Gasteiger partial charge in [0.25, 0.3) is 0 Å². The maximum atomic E-state index is 6.17. The van der Waals surface area contributed by atoms with Crippen LogP contribution < -0.4 is 19.7 Å². The SMILES string of the molecule is Cc1ccc2c(c1N1CCNC(Cl)C1)OCCO2. The zero-order valence-corrected chi connectivity index (χ0v) is 11.2. The van der Waals surface area contributed by atoms with Crippen molar-refractivity contribution in [1.29, 1.82) is 0 Å². The molecular weight excluding hydrogens is 252 g/mol. The molecule has 1 aromatic carbocycles. The van der Waals surface area contributed by atoms with Crippen LogP contribution in [0.3, 0.4) is 0 Å². The first-order valence-electron chi connectivity index (χ1n) is 6.27. The van der Waals surface area contributed by atoms with Gasteiger partial charge in [0, 0.05) is 19.6 Å². The number of aryl methyl sites for hydroxylation is 1. The van der Waals surface area contributed by atoms with Gasteiger partial charge in [-0.2, -0.15) is 0 Å². The van der Waals surface area contributed by atoms with Crippen LogP contribution in [0.2, 0.25) is 0 Å². The van der Waals surface area contributed by atoms with Crippen LogP contribution in [0.4, 0.5) is 5.69 Å². The van der Waals surface area contributed by atoms with E-state index in [0.717, 1.165) is 36.8 Å². The summed E-state index contributed by atoms with van der Waals surface area (Å²) >= 11 is 6.17. The molecule has 1 unspecified atom stereocenters. The number of fused-ring (bicyclic) bond motifs is 1. The standard InChI is InChI=1S/C13H17ClN2O2/c1-9-2-3-10-13(18-7-6-17-10)12(9)16-5-4-15-11(14)8-16/h2-3,11,15H,4-8H2,1H3. The minimum absolute atomic E-state index is 0.0153. The van der Waals surface area contributed by atoms with Gasteiger partial charge in [-0.1, -0.05) is 6.07 Å².